The standard InChI is InChI=1S/C24H26N4O3/c1-4-31-24(30)19-10-12-22(13-11-19)28-17(2)14-20(18(28)3)15-26-27-23(29)16-25-21-8-6-5-7-9-21/h5-15,25H,4,16H2,1-3H3,(H,27,29)/b26-15-. The number of aromatic nitrogens is 1. The van der Waals surface area contributed by atoms with Crippen LogP contribution < -0.4 is 10.7 Å². The molecule has 0 aliphatic heterocycles. The summed E-state index contributed by atoms with van der Waals surface area (Å²) in [6, 6.07) is 18.8. The highest BCUT2D eigenvalue weighted by Gasteiger charge is 2.11. The van der Waals surface area contributed by atoms with E-state index in [1.807, 2.05) is 62.4 Å². The molecule has 0 saturated heterocycles. The van der Waals surface area contributed by atoms with E-state index in [4.69, 9.17) is 4.74 Å². The first kappa shape index (κ1) is 21.8. The summed E-state index contributed by atoms with van der Waals surface area (Å²) in [6.45, 7) is 6.23. The van der Waals surface area contributed by atoms with Gasteiger partial charge in [0, 0.05) is 28.3 Å². The van der Waals surface area contributed by atoms with E-state index in [1.54, 1.807) is 25.3 Å². The third-order valence-corrected chi connectivity index (χ3v) is 4.73. The van der Waals surface area contributed by atoms with Crippen molar-refractivity contribution in [3.05, 3.63) is 83.2 Å². The second-order valence-electron chi connectivity index (χ2n) is 6.94. The second-order valence-corrected chi connectivity index (χ2v) is 6.94. The van der Waals surface area contributed by atoms with Crippen molar-refractivity contribution in [3.63, 3.8) is 0 Å². The van der Waals surface area contributed by atoms with Gasteiger partial charge >= 0.3 is 5.97 Å². The third-order valence-electron chi connectivity index (χ3n) is 4.73. The van der Waals surface area contributed by atoms with E-state index in [0.29, 0.717) is 12.2 Å². The molecule has 7 nitrogen and oxygen atoms in total. The molecule has 1 heterocycles. The lowest BCUT2D eigenvalue weighted by Crippen LogP contribution is -2.25. The minimum Gasteiger partial charge on any atom is -0.462 e. The Balaban J connectivity index is 1.64. The van der Waals surface area contributed by atoms with Crippen molar-refractivity contribution in [2.75, 3.05) is 18.5 Å². The molecule has 1 aromatic heterocycles. The predicted molar refractivity (Wildman–Crippen MR) is 122 cm³/mol. The van der Waals surface area contributed by atoms with Gasteiger partial charge in [-0.3, -0.25) is 4.79 Å². The number of anilines is 1. The summed E-state index contributed by atoms with van der Waals surface area (Å²) in [5.74, 6) is -0.566. The molecule has 3 aromatic rings. The molecule has 0 saturated carbocycles. The molecule has 0 aliphatic rings. The van der Waals surface area contributed by atoms with E-state index in [1.165, 1.54) is 0 Å². The van der Waals surface area contributed by atoms with Crippen LogP contribution in [0.3, 0.4) is 0 Å². The summed E-state index contributed by atoms with van der Waals surface area (Å²) in [7, 11) is 0. The summed E-state index contributed by atoms with van der Waals surface area (Å²) in [5.41, 5.74) is 7.74. The first-order valence-corrected chi connectivity index (χ1v) is 10.1. The van der Waals surface area contributed by atoms with E-state index in [9.17, 15) is 9.59 Å². The summed E-state index contributed by atoms with van der Waals surface area (Å²) in [6.07, 6.45) is 1.63. The maximum Gasteiger partial charge on any atom is 0.338 e. The summed E-state index contributed by atoms with van der Waals surface area (Å²) in [5, 5.41) is 7.12. The van der Waals surface area contributed by atoms with E-state index in [2.05, 4.69) is 20.4 Å². The second kappa shape index (κ2) is 10.2. The molecule has 0 aliphatic carbocycles. The number of benzene rings is 2. The number of hydrazone groups is 1. The van der Waals surface area contributed by atoms with Crippen molar-refractivity contribution in [1.82, 2.24) is 9.99 Å². The van der Waals surface area contributed by atoms with Gasteiger partial charge in [-0.1, -0.05) is 18.2 Å². The van der Waals surface area contributed by atoms with Crippen LogP contribution in [0.1, 0.15) is 34.2 Å². The van der Waals surface area contributed by atoms with Crippen LogP contribution in [0.4, 0.5) is 5.69 Å². The molecule has 0 spiro atoms. The number of carbonyl (C=O) groups excluding carboxylic acids is 2. The molecule has 0 atom stereocenters. The van der Waals surface area contributed by atoms with E-state index >= 15 is 0 Å². The van der Waals surface area contributed by atoms with Gasteiger partial charge < -0.3 is 14.6 Å². The van der Waals surface area contributed by atoms with Crippen molar-refractivity contribution < 1.29 is 14.3 Å². The lowest BCUT2D eigenvalue weighted by atomic mass is 10.2. The van der Waals surface area contributed by atoms with Crippen LogP contribution in [0.25, 0.3) is 5.69 Å². The zero-order chi connectivity index (χ0) is 22.2. The first-order chi connectivity index (χ1) is 15.0. The van der Waals surface area contributed by atoms with E-state index < -0.39 is 0 Å². The molecule has 7 heteroatoms. The number of hydrogen-bond acceptors (Lipinski definition) is 5. The van der Waals surface area contributed by atoms with Crippen molar-refractivity contribution in [3.8, 4) is 5.69 Å². The number of esters is 1. The number of nitrogens with zero attached hydrogens (tertiary/aromatic N) is 2. The molecular formula is C24H26N4O3. The van der Waals surface area contributed by atoms with Crippen molar-refractivity contribution in [2.24, 2.45) is 5.10 Å². The molecule has 2 N–H and O–H groups in total. The number of rotatable bonds is 8. The maximum atomic E-state index is 12.0. The van der Waals surface area contributed by atoms with Gasteiger partial charge in [0.15, 0.2) is 0 Å². The Morgan fingerprint density at radius 3 is 2.45 bits per heavy atom. The zero-order valence-corrected chi connectivity index (χ0v) is 17.9. The van der Waals surface area contributed by atoms with Crippen LogP contribution in [0, 0.1) is 13.8 Å². The lowest BCUT2D eigenvalue weighted by molar-refractivity contribution is -0.119. The molecule has 160 valence electrons. The summed E-state index contributed by atoms with van der Waals surface area (Å²) in [4.78, 5) is 23.8. The van der Waals surface area contributed by atoms with Crippen LogP contribution in [0.2, 0.25) is 0 Å². The maximum absolute atomic E-state index is 12.0. The Bertz CT molecular complexity index is 1070. The number of aryl methyl sites for hydroxylation is 1. The largest absolute Gasteiger partial charge is 0.462 e. The van der Waals surface area contributed by atoms with Crippen molar-refractivity contribution >= 4 is 23.8 Å². The molecule has 31 heavy (non-hydrogen) atoms. The van der Waals surface area contributed by atoms with Crippen LogP contribution in [0.5, 0.6) is 0 Å². The third kappa shape index (κ3) is 5.60. The van der Waals surface area contributed by atoms with Gasteiger partial charge in [0.2, 0.25) is 0 Å². The monoisotopic (exact) mass is 418 g/mol. The summed E-state index contributed by atoms with van der Waals surface area (Å²) >= 11 is 0. The zero-order valence-electron chi connectivity index (χ0n) is 17.9. The van der Waals surface area contributed by atoms with Gasteiger partial charge in [0.1, 0.15) is 0 Å². The lowest BCUT2D eigenvalue weighted by Gasteiger charge is -2.10. The Hall–Kier alpha value is -3.87. The average Bonchev–Trinajstić information content (AvgIpc) is 3.06. The number of ether oxygens (including phenoxy) is 1. The number of amides is 1. The van der Waals surface area contributed by atoms with Crippen molar-refractivity contribution in [2.45, 2.75) is 20.8 Å². The van der Waals surface area contributed by atoms with E-state index in [0.717, 1.165) is 28.3 Å². The Labute approximate surface area is 181 Å². The number of hydrogen-bond donors (Lipinski definition) is 2. The molecule has 0 fully saturated rings. The van der Waals surface area contributed by atoms with Gasteiger partial charge in [0.25, 0.3) is 5.91 Å². The molecule has 0 radical (unpaired) electrons. The van der Waals surface area contributed by atoms with Gasteiger partial charge in [-0.2, -0.15) is 5.10 Å². The van der Waals surface area contributed by atoms with Crippen LogP contribution in [-0.2, 0) is 9.53 Å². The summed E-state index contributed by atoms with van der Waals surface area (Å²) < 4.78 is 7.09. The number of carbonyl (C=O) groups is 2. The quantitative estimate of drug-likeness (QED) is 0.331. The SMILES string of the molecule is CCOC(=O)c1ccc(-n2c(C)cc(/C=N\NC(=O)CNc3ccccc3)c2C)cc1. The van der Waals surface area contributed by atoms with Gasteiger partial charge in [-0.25, -0.2) is 10.2 Å². The molecule has 0 bridgehead atoms. The minimum absolute atomic E-state index is 0.132. The fourth-order valence-corrected chi connectivity index (χ4v) is 3.23. The normalized spacial score (nSPS) is 10.8. The minimum atomic E-state index is -0.333. The average molecular weight is 418 g/mol. The van der Waals surface area contributed by atoms with Gasteiger partial charge in [-0.05, 0) is 63.2 Å². The van der Waals surface area contributed by atoms with Gasteiger partial charge in [-0.15, -0.1) is 0 Å². The predicted octanol–water partition coefficient (Wildman–Crippen LogP) is 3.83. The number of nitrogens with one attached hydrogen (secondary N) is 2. The number of para-hydroxylation sites is 1. The van der Waals surface area contributed by atoms with Crippen molar-refractivity contribution in [1.29, 1.82) is 0 Å². The van der Waals surface area contributed by atoms with Crippen LogP contribution >= 0.6 is 0 Å². The first-order valence-electron chi connectivity index (χ1n) is 10.1. The smallest absolute Gasteiger partial charge is 0.338 e. The highest BCUT2D eigenvalue weighted by Crippen LogP contribution is 2.20. The fourth-order valence-electron chi connectivity index (χ4n) is 3.23. The Morgan fingerprint density at radius 1 is 1.06 bits per heavy atom. The highest BCUT2D eigenvalue weighted by molar-refractivity contribution is 5.89. The fraction of sp³-hybridized carbons (Fsp3) is 0.208. The van der Waals surface area contributed by atoms with E-state index in [-0.39, 0.29) is 18.4 Å². The Morgan fingerprint density at radius 2 is 1.77 bits per heavy atom. The van der Waals surface area contributed by atoms with Crippen LogP contribution in [-0.4, -0.2) is 35.8 Å². The van der Waals surface area contributed by atoms with Crippen LogP contribution in [0.15, 0.2) is 65.8 Å². The molecule has 0 unspecified atom stereocenters. The Kier molecular flexibility index (Phi) is 7.22. The molecule has 2 aromatic carbocycles. The topological polar surface area (TPSA) is 84.7 Å². The highest BCUT2D eigenvalue weighted by atomic mass is 16.5. The molecule has 1 amide bonds. The van der Waals surface area contributed by atoms with Gasteiger partial charge in [0.05, 0.1) is 24.9 Å². The molecular weight excluding hydrogens is 392 g/mol. The molecule has 3 rings (SSSR count).